The van der Waals surface area contributed by atoms with E-state index in [0.717, 1.165) is 17.3 Å². The normalized spacial score (nSPS) is 17.1. The van der Waals surface area contributed by atoms with Gasteiger partial charge in [-0.2, -0.15) is 0 Å². The molecule has 1 fully saturated rings. The number of amides is 1. The number of hydrogen-bond donors (Lipinski definition) is 2. The Balaban J connectivity index is 2.25. The fourth-order valence-electron chi connectivity index (χ4n) is 1.47. The molecule has 1 saturated heterocycles. The van der Waals surface area contributed by atoms with Crippen molar-refractivity contribution in [3.8, 4) is 5.75 Å². The van der Waals surface area contributed by atoms with Crippen LogP contribution in [0.4, 0.5) is 0 Å². The van der Waals surface area contributed by atoms with Gasteiger partial charge in [0.25, 0.3) is 5.91 Å². The van der Waals surface area contributed by atoms with Crippen LogP contribution in [0.3, 0.4) is 0 Å². The molecule has 1 aromatic carbocycles. The molecule has 0 aliphatic carbocycles. The lowest BCUT2D eigenvalue weighted by Crippen LogP contribution is -2.18. The molecular formula is C12H11ClN2O2S. The molecule has 0 spiro atoms. The monoisotopic (exact) mass is 282 g/mol. The summed E-state index contributed by atoms with van der Waals surface area (Å²) in [5.74, 6) is 0.368. The third-order valence-electron chi connectivity index (χ3n) is 2.22. The van der Waals surface area contributed by atoms with Gasteiger partial charge in [-0.25, -0.2) is 0 Å². The van der Waals surface area contributed by atoms with Gasteiger partial charge < -0.3 is 10.1 Å². The van der Waals surface area contributed by atoms with Crippen LogP contribution in [0.2, 0.25) is 5.02 Å². The molecule has 2 rings (SSSR count). The summed E-state index contributed by atoms with van der Waals surface area (Å²) in [6, 6.07) is 5.32. The molecule has 0 atom stereocenters. The van der Waals surface area contributed by atoms with Crippen LogP contribution >= 0.6 is 23.4 Å². The Bertz CT molecular complexity index is 543. The Kier molecular flexibility index (Phi) is 3.93. The zero-order valence-corrected chi connectivity index (χ0v) is 11.2. The van der Waals surface area contributed by atoms with E-state index < -0.39 is 0 Å². The van der Waals surface area contributed by atoms with Gasteiger partial charge in [-0.15, -0.1) is 0 Å². The van der Waals surface area contributed by atoms with Crippen molar-refractivity contribution in [2.24, 2.45) is 0 Å². The van der Waals surface area contributed by atoms with Crippen molar-refractivity contribution in [3.05, 3.63) is 33.7 Å². The molecule has 6 heteroatoms. The van der Waals surface area contributed by atoms with Gasteiger partial charge in [0.15, 0.2) is 5.17 Å². The van der Waals surface area contributed by atoms with E-state index in [2.05, 4.69) is 5.32 Å². The fourth-order valence-corrected chi connectivity index (χ4v) is 2.42. The largest absolute Gasteiger partial charge is 0.492 e. The van der Waals surface area contributed by atoms with Gasteiger partial charge in [0, 0.05) is 0 Å². The Morgan fingerprint density at radius 1 is 1.56 bits per heavy atom. The SMILES string of the molecule is CCOc1ccc(/C=C2/SC(=N)NC2=O)cc1Cl. The predicted octanol–water partition coefficient (Wildman–Crippen LogP) is 2.88. The molecule has 1 aliphatic heterocycles. The Morgan fingerprint density at radius 3 is 2.89 bits per heavy atom. The predicted molar refractivity (Wildman–Crippen MR) is 74.1 cm³/mol. The van der Waals surface area contributed by atoms with E-state index in [9.17, 15) is 4.79 Å². The second kappa shape index (κ2) is 5.46. The molecule has 1 aliphatic rings. The lowest BCUT2D eigenvalue weighted by molar-refractivity contribution is -0.115. The van der Waals surface area contributed by atoms with Crippen molar-refractivity contribution >= 4 is 40.5 Å². The molecule has 4 nitrogen and oxygen atoms in total. The number of rotatable bonds is 3. The number of amidine groups is 1. The number of carbonyl (C=O) groups is 1. The Morgan fingerprint density at radius 2 is 2.33 bits per heavy atom. The van der Waals surface area contributed by atoms with E-state index >= 15 is 0 Å². The van der Waals surface area contributed by atoms with E-state index in [1.165, 1.54) is 0 Å². The summed E-state index contributed by atoms with van der Waals surface area (Å²) in [6.45, 7) is 2.44. The number of nitrogens with one attached hydrogen (secondary N) is 2. The van der Waals surface area contributed by atoms with Crippen LogP contribution < -0.4 is 10.1 Å². The molecule has 0 aromatic heterocycles. The minimum absolute atomic E-state index is 0.142. The van der Waals surface area contributed by atoms with E-state index in [-0.39, 0.29) is 11.1 Å². The Hall–Kier alpha value is -1.46. The molecule has 0 unspecified atom stereocenters. The van der Waals surface area contributed by atoms with Crippen LogP contribution in [0.25, 0.3) is 6.08 Å². The first-order valence-corrected chi connectivity index (χ1v) is 6.51. The highest BCUT2D eigenvalue weighted by Crippen LogP contribution is 2.29. The average Bonchev–Trinajstić information content (AvgIpc) is 2.61. The van der Waals surface area contributed by atoms with Gasteiger partial charge in [0.1, 0.15) is 5.75 Å². The molecule has 18 heavy (non-hydrogen) atoms. The van der Waals surface area contributed by atoms with Gasteiger partial charge in [-0.3, -0.25) is 10.2 Å². The zero-order chi connectivity index (χ0) is 13.1. The summed E-state index contributed by atoms with van der Waals surface area (Å²) >= 11 is 7.15. The highest BCUT2D eigenvalue weighted by molar-refractivity contribution is 8.18. The standard InChI is InChI=1S/C12H11ClN2O2S/c1-2-17-9-4-3-7(5-8(9)13)6-10-11(16)15-12(14)18-10/h3-6H,2H2,1H3,(H2,14,15,16)/b10-6+. The molecule has 0 radical (unpaired) electrons. The number of benzene rings is 1. The highest BCUT2D eigenvalue weighted by Gasteiger charge is 2.22. The second-order valence-electron chi connectivity index (χ2n) is 3.52. The van der Waals surface area contributed by atoms with Crippen LogP contribution in [0.5, 0.6) is 5.75 Å². The van der Waals surface area contributed by atoms with Crippen LogP contribution in [0.15, 0.2) is 23.1 Å². The number of halogens is 1. The van der Waals surface area contributed by atoms with Crippen molar-refractivity contribution in [1.29, 1.82) is 5.41 Å². The molecular weight excluding hydrogens is 272 g/mol. The van der Waals surface area contributed by atoms with Gasteiger partial charge in [0.05, 0.1) is 16.5 Å². The number of thioether (sulfide) groups is 1. The lowest BCUT2D eigenvalue weighted by atomic mass is 10.2. The summed E-state index contributed by atoms with van der Waals surface area (Å²) in [5.41, 5.74) is 0.802. The average molecular weight is 283 g/mol. The van der Waals surface area contributed by atoms with Crippen LogP contribution in [-0.4, -0.2) is 17.7 Å². The molecule has 1 amide bonds. The molecule has 0 bridgehead atoms. The second-order valence-corrected chi connectivity index (χ2v) is 4.98. The van der Waals surface area contributed by atoms with Gasteiger partial charge in [0.2, 0.25) is 0 Å². The topological polar surface area (TPSA) is 62.2 Å². The van der Waals surface area contributed by atoms with Crippen LogP contribution in [0, 0.1) is 5.41 Å². The quantitative estimate of drug-likeness (QED) is 0.838. The number of carbonyl (C=O) groups excluding carboxylic acids is 1. The first kappa shape index (κ1) is 13.0. The van der Waals surface area contributed by atoms with Crippen molar-refractivity contribution in [2.75, 3.05) is 6.61 Å². The molecule has 94 valence electrons. The summed E-state index contributed by atoms with van der Waals surface area (Å²) in [4.78, 5) is 11.9. The summed E-state index contributed by atoms with van der Waals surface area (Å²) in [5, 5.41) is 10.4. The summed E-state index contributed by atoms with van der Waals surface area (Å²) in [7, 11) is 0. The maximum Gasteiger partial charge on any atom is 0.264 e. The fraction of sp³-hybridized carbons (Fsp3) is 0.167. The van der Waals surface area contributed by atoms with E-state index in [0.29, 0.717) is 22.3 Å². The first-order chi connectivity index (χ1) is 8.60. The van der Waals surface area contributed by atoms with Gasteiger partial charge in [-0.1, -0.05) is 17.7 Å². The van der Waals surface area contributed by atoms with Crippen molar-refractivity contribution in [3.63, 3.8) is 0 Å². The number of hydrogen-bond acceptors (Lipinski definition) is 4. The van der Waals surface area contributed by atoms with Crippen molar-refractivity contribution in [2.45, 2.75) is 6.92 Å². The Labute approximate surface area is 114 Å². The molecule has 1 aromatic rings. The minimum atomic E-state index is -0.255. The summed E-state index contributed by atoms with van der Waals surface area (Å²) in [6.07, 6.45) is 1.70. The maximum absolute atomic E-state index is 11.4. The summed E-state index contributed by atoms with van der Waals surface area (Å²) < 4.78 is 5.33. The van der Waals surface area contributed by atoms with E-state index in [1.54, 1.807) is 18.2 Å². The van der Waals surface area contributed by atoms with Crippen LogP contribution in [0.1, 0.15) is 12.5 Å². The molecule has 0 saturated carbocycles. The zero-order valence-electron chi connectivity index (χ0n) is 9.62. The van der Waals surface area contributed by atoms with Crippen molar-refractivity contribution < 1.29 is 9.53 Å². The third-order valence-corrected chi connectivity index (χ3v) is 3.34. The lowest BCUT2D eigenvalue weighted by Gasteiger charge is -2.05. The molecule has 2 N–H and O–H groups in total. The van der Waals surface area contributed by atoms with E-state index in [1.807, 2.05) is 13.0 Å². The minimum Gasteiger partial charge on any atom is -0.492 e. The third kappa shape index (κ3) is 2.86. The van der Waals surface area contributed by atoms with Gasteiger partial charge >= 0.3 is 0 Å². The maximum atomic E-state index is 11.4. The number of ether oxygens (including phenoxy) is 1. The highest BCUT2D eigenvalue weighted by atomic mass is 35.5. The molecule has 1 heterocycles. The van der Waals surface area contributed by atoms with Crippen LogP contribution in [-0.2, 0) is 4.79 Å². The van der Waals surface area contributed by atoms with Crippen molar-refractivity contribution in [1.82, 2.24) is 5.32 Å². The smallest absolute Gasteiger partial charge is 0.264 e. The first-order valence-electron chi connectivity index (χ1n) is 5.32. The van der Waals surface area contributed by atoms with E-state index in [4.69, 9.17) is 21.7 Å². The van der Waals surface area contributed by atoms with Gasteiger partial charge in [-0.05, 0) is 42.5 Å².